The highest BCUT2D eigenvalue weighted by Gasteiger charge is 2.43. The van der Waals surface area contributed by atoms with Crippen LogP contribution in [0, 0.1) is 0 Å². The Morgan fingerprint density at radius 1 is 1.07 bits per heavy atom. The quantitative estimate of drug-likeness (QED) is 0.461. The van der Waals surface area contributed by atoms with E-state index in [4.69, 9.17) is 4.74 Å². The molecular formula is C23H32N4OS. The summed E-state index contributed by atoms with van der Waals surface area (Å²) >= 11 is 1.97. The molecule has 0 spiro atoms. The Hall–Kier alpha value is -2.18. The highest BCUT2D eigenvalue weighted by Crippen LogP contribution is 2.51. The molecule has 0 bridgehead atoms. The zero-order valence-corrected chi connectivity index (χ0v) is 18.5. The highest BCUT2D eigenvalue weighted by molar-refractivity contribution is 8.01. The molecule has 5 nitrogen and oxygen atoms in total. The van der Waals surface area contributed by atoms with Crippen LogP contribution in [-0.2, 0) is 6.54 Å². The average molecular weight is 413 g/mol. The van der Waals surface area contributed by atoms with Crippen molar-refractivity contribution in [1.29, 1.82) is 0 Å². The molecule has 156 valence electrons. The lowest BCUT2D eigenvalue weighted by molar-refractivity contribution is 0.259. The van der Waals surface area contributed by atoms with Crippen LogP contribution in [0.25, 0.3) is 0 Å². The number of ether oxygens (including phenoxy) is 1. The lowest BCUT2D eigenvalue weighted by Crippen LogP contribution is -2.40. The van der Waals surface area contributed by atoms with Crippen molar-refractivity contribution in [2.24, 2.45) is 4.99 Å². The summed E-state index contributed by atoms with van der Waals surface area (Å²) in [6.07, 6.45) is 2.47. The maximum Gasteiger partial charge on any atom is 0.191 e. The first-order valence-corrected chi connectivity index (χ1v) is 11.0. The number of likely N-dealkylation sites (N-methyl/N-ethyl adjacent to an activating group) is 1. The molecule has 2 aromatic rings. The summed E-state index contributed by atoms with van der Waals surface area (Å²) in [6.45, 7) is 3.16. The molecule has 1 saturated carbocycles. The monoisotopic (exact) mass is 412 g/mol. The maximum absolute atomic E-state index is 5.96. The van der Waals surface area contributed by atoms with Gasteiger partial charge in [-0.05, 0) is 45.1 Å². The van der Waals surface area contributed by atoms with E-state index >= 15 is 0 Å². The first kappa shape index (κ1) is 21.5. The Morgan fingerprint density at radius 2 is 1.79 bits per heavy atom. The molecular weight excluding hydrogens is 380 g/mol. The standard InChI is InChI=1S/C23H32N4OS/c1-24-22(26-18-23(13-14-23)29-20-10-5-4-6-11-20)25-17-19-9-7-8-12-21(19)28-16-15-27(2)3/h4-12H,13-18H2,1-3H3,(H2,24,25,26). The molecule has 3 rings (SSSR count). The molecule has 0 aromatic heterocycles. The summed E-state index contributed by atoms with van der Waals surface area (Å²) in [7, 11) is 5.92. The third-order valence-corrected chi connectivity index (χ3v) is 6.40. The first-order valence-electron chi connectivity index (χ1n) is 10.1. The Bertz CT molecular complexity index is 790. The molecule has 0 unspecified atom stereocenters. The van der Waals surface area contributed by atoms with Gasteiger partial charge in [0.15, 0.2) is 5.96 Å². The lowest BCUT2D eigenvalue weighted by atomic mass is 10.2. The Labute approximate surface area is 178 Å². The van der Waals surface area contributed by atoms with Gasteiger partial charge in [0, 0.05) is 41.9 Å². The van der Waals surface area contributed by atoms with Crippen LogP contribution >= 0.6 is 11.8 Å². The van der Waals surface area contributed by atoms with E-state index in [0.717, 1.165) is 30.4 Å². The fraction of sp³-hybridized carbons (Fsp3) is 0.435. The fourth-order valence-electron chi connectivity index (χ4n) is 2.97. The fourth-order valence-corrected chi connectivity index (χ4v) is 4.21. The van der Waals surface area contributed by atoms with Crippen LogP contribution in [-0.4, -0.2) is 56.4 Å². The van der Waals surface area contributed by atoms with E-state index < -0.39 is 0 Å². The zero-order chi connectivity index (χ0) is 20.5. The summed E-state index contributed by atoms with van der Waals surface area (Å²) in [6, 6.07) is 18.8. The molecule has 0 atom stereocenters. The Morgan fingerprint density at radius 3 is 2.48 bits per heavy atom. The number of nitrogens with one attached hydrogen (secondary N) is 2. The number of rotatable bonds is 10. The predicted molar refractivity (Wildman–Crippen MR) is 123 cm³/mol. The minimum Gasteiger partial charge on any atom is -0.492 e. The van der Waals surface area contributed by atoms with Gasteiger partial charge < -0.3 is 20.3 Å². The molecule has 1 fully saturated rings. The predicted octanol–water partition coefficient (Wildman–Crippen LogP) is 3.62. The summed E-state index contributed by atoms with van der Waals surface area (Å²) in [5, 5.41) is 6.94. The van der Waals surface area contributed by atoms with Crippen molar-refractivity contribution in [2.45, 2.75) is 29.0 Å². The second-order valence-electron chi connectivity index (χ2n) is 7.64. The van der Waals surface area contributed by atoms with E-state index in [1.54, 1.807) is 0 Å². The van der Waals surface area contributed by atoms with Crippen molar-refractivity contribution in [1.82, 2.24) is 15.5 Å². The van der Waals surface area contributed by atoms with E-state index in [-0.39, 0.29) is 4.75 Å². The van der Waals surface area contributed by atoms with E-state index in [2.05, 4.69) is 71.0 Å². The van der Waals surface area contributed by atoms with E-state index in [0.29, 0.717) is 13.2 Å². The zero-order valence-electron chi connectivity index (χ0n) is 17.6. The van der Waals surface area contributed by atoms with Crippen molar-refractivity contribution in [3.8, 4) is 5.75 Å². The van der Waals surface area contributed by atoms with Gasteiger partial charge in [0.2, 0.25) is 0 Å². The third kappa shape index (κ3) is 6.98. The Kier molecular flexibility index (Phi) is 7.83. The van der Waals surface area contributed by atoms with Crippen LogP contribution in [0.2, 0.25) is 0 Å². The number of guanidine groups is 1. The van der Waals surface area contributed by atoms with Gasteiger partial charge in [-0.25, -0.2) is 0 Å². The first-order chi connectivity index (χ1) is 14.1. The van der Waals surface area contributed by atoms with Gasteiger partial charge in [-0.1, -0.05) is 36.4 Å². The van der Waals surface area contributed by atoms with E-state index in [1.165, 1.54) is 17.7 Å². The second kappa shape index (κ2) is 10.6. The largest absolute Gasteiger partial charge is 0.492 e. The number of para-hydroxylation sites is 1. The van der Waals surface area contributed by atoms with Crippen molar-refractivity contribution in [3.63, 3.8) is 0 Å². The van der Waals surface area contributed by atoms with Crippen LogP contribution < -0.4 is 15.4 Å². The molecule has 2 aromatic carbocycles. The summed E-state index contributed by atoms with van der Waals surface area (Å²) in [4.78, 5) is 7.84. The SMILES string of the molecule is CN=C(NCc1ccccc1OCCN(C)C)NCC1(Sc2ccccc2)CC1. The van der Waals surface area contributed by atoms with Gasteiger partial charge in [-0.3, -0.25) is 4.99 Å². The van der Waals surface area contributed by atoms with Crippen LogP contribution in [0.3, 0.4) is 0 Å². The van der Waals surface area contributed by atoms with Crippen molar-refractivity contribution >= 4 is 17.7 Å². The van der Waals surface area contributed by atoms with E-state index in [1.807, 2.05) is 37.0 Å². The third-order valence-electron chi connectivity index (χ3n) is 4.90. The number of thioether (sulfide) groups is 1. The van der Waals surface area contributed by atoms with Crippen molar-refractivity contribution < 1.29 is 4.74 Å². The summed E-state index contributed by atoms with van der Waals surface area (Å²) in [5.41, 5.74) is 1.13. The molecule has 2 N–H and O–H groups in total. The maximum atomic E-state index is 5.96. The number of hydrogen-bond acceptors (Lipinski definition) is 4. The van der Waals surface area contributed by atoms with Crippen LogP contribution in [0.5, 0.6) is 5.75 Å². The number of benzene rings is 2. The molecule has 6 heteroatoms. The Balaban J connectivity index is 1.49. The average Bonchev–Trinajstić information content (AvgIpc) is 3.49. The number of hydrogen-bond donors (Lipinski definition) is 2. The number of nitrogens with zero attached hydrogens (tertiary/aromatic N) is 2. The van der Waals surface area contributed by atoms with Gasteiger partial charge in [0.1, 0.15) is 12.4 Å². The minimum atomic E-state index is 0.284. The molecule has 0 heterocycles. The second-order valence-corrected chi connectivity index (χ2v) is 9.18. The van der Waals surface area contributed by atoms with Crippen LogP contribution in [0.4, 0.5) is 0 Å². The van der Waals surface area contributed by atoms with Gasteiger partial charge >= 0.3 is 0 Å². The van der Waals surface area contributed by atoms with Gasteiger partial charge in [0.25, 0.3) is 0 Å². The normalized spacial score (nSPS) is 15.2. The van der Waals surface area contributed by atoms with Gasteiger partial charge in [-0.15, -0.1) is 11.8 Å². The molecule has 0 radical (unpaired) electrons. The van der Waals surface area contributed by atoms with E-state index in [9.17, 15) is 0 Å². The molecule has 1 aliphatic carbocycles. The molecule has 29 heavy (non-hydrogen) atoms. The molecule has 0 saturated heterocycles. The van der Waals surface area contributed by atoms with Crippen molar-refractivity contribution in [2.75, 3.05) is 40.8 Å². The van der Waals surface area contributed by atoms with Crippen LogP contribution in [0.15, 0.2) is 64.5 Å². The highest BCUT2D eigenvalue weighted by atomic mass is 32.2. The lowest BCUT2D eigenvalue weighted by Gasteiger charge is -2.19. The topological polar surface area (TPSA) is 48.9 Å². The smallest absolute Gasteiger partial charge is 0.191 e. The minimum absolute atomic E-state index is 0.284. The van der Waals surface area contributed by atoms with Crippen molar-refractivity contribution in [3.05, 3.63) is 60.2 Å². The van der Waals surface area contributed by atoms with Gasteiger partial charge in [0.05, 0.1) is 0 Å². The number of aliphatic imine (C=N–C) groups is 1. The summed E-state index contributed by atoms with van der Waals surface area (Å²) < 4.78 is 6.24. The molecule has 1 aliphatic rings. The van der Waals surface area contributed by atoms with Crippen LogP contribution in [0.1, 0.15) is 18.4 Å². The summed E-state index contributed by atoms with van der Waals surface area (Å²) in [5.74, 6) is 1.75. The molecule has 0 aliphatic heterocycles. The molecule has 0 amide bonds. The van der Waals surface area contributed by atoms with Gasteiger partial charge in [-0.2, -0.15) is 0 Å².